The molecule has 1 atom stereocenters. The second-order valence-electron chi connectivity index (χ2n) is 6.68. The molecule has 0 bridgehead atoms. The number of hydrogen-bond donors (Lipinski definition) is 2. The van der Waals surface area contributed by atoms with Gasteiger partial charge >= 0.3 is 0 Å². The van der Waals surface area contributed by atoms with Crippen LogP contribution in [0.2, 0.25) is 0 Å². The normalized spacial score (nSPS) is 16.1. The predicted octanol–water partition coefficient (Wildman–Crippen LogP) is 3.58. The van der Waals surface area contributed by atoms with Gasteiger partial charge in [0.15, 0.2) is 0 Å². The van der Waals surface area contributed by atoms with E-state index < -0.39 is 0 Å². The molecule has 3 rings (SSSR count). The van der Waals surface area contributed by atoms with Crippen LogP contribution in [0, 0.1) is 6.92 Å². The molecule has 26 heavy (non-hydrogen) atoms. The number of ether oxygens (including phenoxy) is 2. The molecule has 1 aliphatic heterocycles. The van der Waals surface area contributed by atoms with Crippen LogP contribution in [-0.4, -0.2) is 25.2 Å². The van der Waals surface area contributed by atoms with Crippen LogP contribution in [0.1, 0.15) is 36.4 Å². The molecule has 1 amide bonds. The highest BCUT2D eigenvalue weighted by molar-refractivity contribution is 5.91. The summed E-state index contributed by atoms with van der Waals surface area (Å²) in [7, 11) is 0. The Morgan fingerprint density at radius 2 is 1.96 bits per heavy atom. The minimum atomic E-state index is -0.312. The van der Waals surface area contributed by atoms with Gasteiger partial charge in [-0.3, -0.25) is 4.79 Å². The molecule has 0 saturated carbocycles. The molecule has 1 saturated heterocycles. The van der Waals surface area contributed by atoms with E-state index in [9.17, 15) is 4.79 Å². The first-order valence-corrected chi connectivity index (χ1v) is 9.07. The van der Waals surface area contributed by atoms with Crippen molar-refractivity contribution in [2.75, 3.05) is 18.5 Å². The average molecular weight is 354 g/mol. The van der Waals surface area contributed by atoms with Gasteiger partial charge in [-0.15, -0.1) is 0 Å². The van der Waals surface area contributed by atoms with Crippen LogP contribution in [0.25, 0.3) is 0 Å². The second kappa shape index (κ2) is 8.83. The predicted molar refractivity (Wildman–Crippen MR) is 102 cm³/mol. The summed E-state index contributed by atoms with van der Waals surface area (Å²) in [4.78, 5) is 12.3. The maximum atomic E-state index is 12.3. The third-order valence-electron chi connectivity index (χ3n) is 4.55. The first-order chi connectivity index (χ1) is 12.6. The minimum Gasteiger partial charge on any atom is -0.490 e. The van der Waals surface area contributed by atoms with E-state index in [-0.39, 0.29) is 24.5 Å². The third kappa shape index (κ3) is 5.07. The first kappa shape index (κ1) is 18.4. The zero-order chi connectivity index (χ0) is 18.4. The van der Waals surface area contributed by atoms with Gasteiger partial charge in [-0.2, -0.15) is 0 Å². The van der Waals surface area contributed by atoms with Crippen molar-refractivity contribution >= 4 is 11.6 Å². The fourth-order valence-electron chi connectivity index (χ4n) is 3.06. The average Bonchev–Trinajstić information content (AvgIpc) is 2.65. The molecule has 3 N–H and O–H groups in total. The van der Waals surface area contributed by atoms with Crippen molar-refractivity contribution < 1.29 is 14.3 Å². The van der Waals surface area contributed by atoms with Crippen LogP contribution in [0.4, 0.5) is 5.69 Å². The molecule has 1 heterocycles. The van der Waals surface area contributed by atoms with Gasteiger partial charge < -0.3 is 20.5 Å². The molecule has 5 heteroatoms. The summed E-state index contributed by atoms with van der Waals surface area (Å²) in [5.41, 5.74) is 8.83. The molecule has 5 nitrogen and oxygen atoms in total. The summed E-state index contributed by atoms with van der Waals surface area (Å²) in [6.07, 6.45) is 2.26. The summed E-state index contributed by atoms with van der Waals surface area (Å²) in [5, 5.41) is 2.92. The Hall–Kier alpha value is -2.37. The maximum absolute atomic E-state index is 12.3. The number of carbonyl (C=O) groups excluding carboxylic acids is 1. The number of carbonyl (C=O) groups is 1. The maximum Gasteiger partial charge on any atom is 0.226 e. The smallest absolute Gasteiger partial charge is 0.226 e. The van der Waals surface area contributed by atoms with E-state index in [0.717, 1.165) is 48.6 Å². The Morgan fingerprint density at radius 1 is 1.23 bits per heavy atom. The summed E-state index contributed by atoms with van der Waals surface area (Å²) in [6, 6.07) is 15.1. The highest BCUT2D eigenvalue weighted by Crippen LogP contribution is 2.25. The topological polar surface area (TPSA) is 73.6 Å². The van der Waals surface area contributed by atoms with E-state index in [0.29, 0.717) is 0 Å². The Labute approximate surface area is 154 Å². The first-order valence-electron chi connectivity index (χ1n) is 9.07. The number of hydrogen-bond acceptors (Lipinski definition) is 4. The van der Waals surface area contributed by atoms with Crippen LogP contribution in [0.5, 0.6) is 5.75 Å². The lowest BCUT2D eigenvalue weighted by Gasteiger charge is -2.24. The highest BCUT2D eigenvalue weighted by Gasteiger charge is 2.17. The zero-order valence-corrected chi connectivity index (χ0v) is 15.1. The fraction of sp³-hybridized carbons (Fsp3) is 0.381. The van der Waals surface area contributed by atoms with E-state index in [1.54, 1.807) is 0 Å². The van der Waals surface area contributed by atoms with Crippen molar-refractivity contribution in [3.63, 3.8) is 0 Å². The van der Waals surface area contributed by atoms with Crippen molar-refractivity contribution in [2.24, 2.45) is 5.73 Å². The number of nitrogens with two attached hydrogens (primary N) is 1. The van der Waals surface area contributed by atoms with Crippen LogP contribution in [0.15, 0.2) is 48.5 Å². The van der Waals surface area contributed by atoms with Crippen LogP contribution in [-0.2, 0) is 9.53 Å². The van der Waals surface area contributed by atoms with E-state index in [4.69, 9.17) is 15.2 Å². The Bertz CT molecular complexity index is 727. The molecule has 0 radical (unpaired) electrons. The van der Waals surface area contributed by atoms with Crippen LogP contribution >= 0.6 is 0 Å². The molecule has 1 aliphatic rings. The summed E-state index contributed by atoms with van der Waals surface area (Å²) < 4.78 is 11.4. The molecule has 138 valence electrons. The number of anilines is 1. The van der Waals surface area contributed by atoms with Crippen LogP contribution < -0.4 is 15.8 Å². The van der Waals surface area contributed by atoms with E-state index in [2.05, 4.69) is 5.32 Å². The van der Waals surface area contributed by atoms with Gasteiger partial charge in [0.1, 0.15) is 11.9 Å². The van der Waals surface area contributed by atoms with E-state index >= 15 is 0 Å². The molecule has 1 unspecified atom stereocenters. The Kier molecular flexibility index (Phi) is 6.26. The Balaban J connectivity index is 1.56. The molecule has 1 fully saturated rings. The summed E-state index contributed by atoms with van der Waals surface area (Å²) in [6.45, 7) is 3.49. The van der Waals surface area contributed by atoms with Crippen molar-refractivity contribution in [3.8, 4) is 5.75 Å². The van der Waals surface area contributed by atoms with Gasteiger partial charge in [0.05, 0.1) is 13.2 Å². The Morgan fingerprint density at radius 3 is 2.65 bits per heavy atom. The number of amides is 1. The molecule has 0 aliphatic carbocycles. The van der Waals surface area contributed by atoms with Gasteiger partial charge in [0.2, 0.25) is 5.91 Å². The van der Waals surface area contributed by atoms with Gasteiger partial charge in [0.25, 0.3) is 0 Å². The molecule has 2 aromatic rings. The number of rotatable bonds is 6. The van der Waals surface area contributed by atoms with E-state index in [1.807, 2.05) is 55.5 Å². The van der Waals surface area contributed by atoms with E-state index in [1.165, 1.54) is 0 Å². The van der Waals surface area contributed by atoms with Crippen molar-refractivity contribution in [2.45, 2.75) is 38.3 Å². The van der Waals surface area contributed by atoms with Crippen molar-refractivity contribution in [1.29, 1.82) is 0 Å². The summed E-state index contributed by atoms with van der Waals surface area (Å²) >= 11 is 0. The van der Waals surface area contributed by atoms with Gasteiger partial charge in [-0.1, -0.05) is 30.3 Å². The fourth-order valence-corrected chi connectivity index (χ4v) is 3.06. The molecular formula is C21H26N2O3. The molecule has 0 spiro atoms. The lowest BCUT2D eigenvalue weighted by atomic mass is 10.0. The quantitative estimate of drug-likeness (QED) is 0.831. The molecule has 0 aromatic heterocycles. The van der Waals surface area contributed by atoms with Crippen LogP contribution in [0.3, 0.4) is 0 Å². The minimum absolute atomic E-state index is 0.0983. The molecule has 2 aromatic carbocycles. The van der Waals surface area contributed by atoms with Crippen molar-refractivity contribution in [3.05, 3.63) is 59.7 Å². The number of nitrogens with one attached hydrogen (secondary N) is 1. The van der Waals surface area contributed by atoms with Gasteiger partial charge in [-0.05, 0) is 36.2 Å². The third-order valence-corrected chi connectivity index (χ3v) is 4.55. The molecular weight excluding hydrogens is 328 g/mol. The largest absolute Gasteiger partial charge is 0.490 e. The standard InChI is InChI=1S/C21H26N2O3/c1-15-13-17(7-8-20(15)26-18-9-11-25-12-10-18)23-21(24)14-19(22)16-5-3-2-4-6-16/h2-8,13,18-19H,9-12,14,22H2,1H3,(H,23,24). The lowest BCUT2D eigenvalue weighted by molar-refractivity contribution is -0.116. The highest BCUT2D eigenvalue weighted by atomic mass is 16.5. The van der Waals surface area contributed by atoms with Crippen molar-refractivity contribution in [1.82, 2.24) is 0 Å². The second-order valence-corrected chi connectivity index (χ2v) is 6.68. The zero-order valence-electron chi connectivity index (χ0n) is 15.1. The monoisotopic (exact) mass is 354 g/mol. The van der Waals surface area contributed by atoms with Gasteiger partial charge in [-0.25, -0.2) is 0 Å². The number of aryl methyl sites for hydroxylation is 1. The SMILES string of the molecule is Cc1cc(NC(=O)CC(N)c2ccccc2)ccc1OC1CCOCC1. The summed E-state index contributed by atoms with van der Waals surface area (Å²) in [5.74, 6) is 0.759. The lowest BCUT2D eigenvalue weighted by Crippen LogP contribution is -2.26. The van der Waals surface area contributed by atoms with Gasteiger partial charge in [0, 0.05) is 31.0 Å². The number of benzene rings is 2.